The molecule has 0 unspecified atom stereocenters. The zero-order valence-corrected chi connectivity index (χ0v) is 16.5. The first-order valence-electron chi connectivity index (χ1n) is 8.48. The second kappa shape index (κ2) is 8.57. The number of H-pyrrole nitrogens is 1. The van der Waals surface area contributed by atoms with Crippen molar-refractivity contribution < 1.29 is 19.3 Å². The average molecular weight is 400 g/mol. The van der Waals surface area contributed by atoms with Gasteiger partial charge in [-0.25, -0.2) is 5.10 Å². The van der Waals surface area contributed by atoms with Gasteiger partial charge in [0.2, 0.25) is 10.5 Å². The first kappa shape index (κ1) is 19.4. The highest BCUT2D eigenvalue weighted by Gasteiger charge is 2.14. The van der Waals surface area contributed by atoms with E-state index in [4.69, 9.17) is 26.4 Å². The van der Waals surface area contributed by atoms with E-state index in [1.54, 1.807) is 18.3 Å². The molecule has 2 aromatic carbocycles. The molecule has 0 aliphatic rings. The van der Waals surface area contributed by atoms with E-state index < -0.39 is 0 Å². The molecule has 1 aromatic heterocycles. The molecule has 3 aromatic rings. The number of para-hydroxylation sites is 1. The Morgan fingerprint density at radius 2 is 1.86 bits per heavy atom. The third-order valence-corrected chi connectivity index (χ3v) is 4.17. The number of hydrogen-bond acceptors (Lipinski definition) is 7. The largest absolute Gasteiger partial charge is 0.502 e. The van der Waals surface area contributed by atoms with E-state index in [-0.39, 0.29) is 17.2 Å². The molecule has 0 saturated heterocycles. The van der Waals surface area contributed by atoms with Crippen LogP contribution in [0.5, 0.6) is 23.0 Å². The predicted octanol–water partition coefficient (Wildman–Crippen LogP) is 3.61. The van der Waals surface area contributed by atoms with Crippen molar-refractivity contribution >= 4 is 18.4 Å². The highest BCUT2D eigenvalue weighted by molar-refractivity contribution is 7.71. The molecular formula is C19H20N4O4S. The van der Waals surface area contributed by atoms with E-state index in [9.17, 15) is 5.11 Å². The van der Waals surface area contributed by atoms with Crippen molar-refractivity contribution in [3.8, 4) is 34.4 Å². The minimum absolute atomic E-state index is 0.0756. The van der Waals surface area contributed by atoms with Crippen LogP contribution in [0.4, 0.5) is 0 Å². The maximum atomic E-state index is 10.0. The first-order chi connectivity index (χ1) is 13.6. The number of aromatic nitrogens is 3. The molecule has 28 heavy (non-hydrogen) atoms. The Labute approximate surface area is 167 Å². The molecule has 9 heteroatoms. The minimum Gasteiger partial charge on any atom is -0.502 e. The van der Waals surface area contributed by atoms with Crippen LogP contribution in [0.25, 0.3) is 11.4 Å². The van der Waals surface area contributed by atoms with Gasteiger partial charge in [-0.05, 0) is 43.4 Å². The van der Waals surface area contributed by atoms with Crippen molar-refractivity contribution in [1.82, 2.24) is 14.9 Å². The fourth-order valence-electron chi connectivity index (χ4n) is 2.62. The number of ether oxygens (including phenoxy) is 3. The van der Waals surface area contributed by atoms with Gasteiger partial charge in [-0.2, -0.15) is 14.9 Å². The molecule has 2 N–H and O–H groups in total. The zero-order valence-electron chi connectivity index (χ0n) is 15.7. The summed E-state index contributed by atoms with van der Waals surface area (Å²) in [6.07, 6.45) is 1.57. The lowest BCUT2D eigenvalue weighted by Gasteiger charge is -2.10. The summed E-state index contributed by atoms with van der Waals surface area (Å²) < 4.78 is 17.8. The van der Waals surface area contributed by atoms with Crippen molar-refractivity contribution in [3.05, 3.63) is 46.7 Å². The molecular weight excluding hydrogens is 380 g/mol. The highest BCUT2D eigenvalue weighted by Crippen LogP contribution is 2.36. The number of phenols is 1. The first-order valence-corrected chi connectivity index (χ1v) is 8.88. The minimum atomic E-state index is -0.0756. The summed E-state index contributed by atoms with van der Waals surface area (Å²) in [5, 5.41) is 21.5. The van der Waals surface area contributed by atoms with E-state index in [1.165, 1.54) is 18.9 Å². The van der Waals surface area contributed by atoms with Crippen LogP contribution in [0.3, 0.4) is 0 Å². The number of nitrogens with one attached hydrogen (secondary N) is 1. The van der Waals surface area contributed by atoms with Crippen molar-refractivity contribution in [2.24, 2.45) is 5.10 Å². The Morgan fingerprint density at radius 1 is 1.18 bits per heavy atom. The predicted molar refractivity (Wildman–Crippen MR) is 108 cm³/mol. The maximum Gasteiger partial charge on any atom is 0.216 e. The number of nitrogens with zero attached hydrogens (tertiary/aromatic N) is 3. The van der Waals surface area contributed by atoms with Gasteiger partial charge in [-0.15, -0.1) is 0 Å². The van der Waals surface area contributed by atoms with Crippen LogP contribution in [-0.4, -0.2) is 47.0 Å². The molecule has 3 rings (SSSR count). The summed E-state index contributed by atoms with van der Waals surface area (Å²) in [7, 11) is 2.93. The Bertz CT molecular complexity index is 1030. The second-order valence-corrected chi connectivity index (χ2v) is 6.00. The van der Waals surface area contributed by atoms with E-state index in [0.717, 1.165) is 5.56 Å². The van der Waals surface area contributed by atoms with Gasteiger partial charge < -0.3 is 19.3 Å². The SMILES string of the molecule is CCOc1ccccc1-c1n[nH]c(=S)n1/N=C\c1cc(OC)c(O)c(OC)c1. The second-order valence-electron chi connectivity index (χ2n) is 5.61. The van der Waals surface area contributed by atoms with Crippen molar-refractivity contribution in [2.75, 3.05) is 20.8 Å². The number of hydrogen-bond donors (Lipinski definition) is 2. The summed E-state index contributed by atoms with van der Waals surface area (Å²) >= 11 is 5.32. The van der Waals surface area contributed by atoms with Crippen molar-refractivity contribution in [3.63, 3.8) is 0 Å². The lowest BCUT2D eigenvalue weighted by molar-refractivity contribution is 0.340. The van der Waals surface area contributed by atoms with Gasteiger partial charge in [0.25, 0.3) is 0 Å². The number of aromatic hydroxyl groups is 1. The topological polar surface area (TPSA) is 93.9 Å². The van der Waals surface area contributed by atoms with Crippen molar-refractivity contribution in [2.45, 2.75) is 6.92 Å². The number of benzene rings is 2. The fraction of sp³-hybridized carbons (Fsp3) is 0.211. The van der Waals surface area contributed by atoms with Gasteiger partial charge in [0.1, 0.15) is 5.75 Å². The Kier molecular flexibility index (Phi) is 5.95. The maximum absolute atomic E-state index is 10.0. The summed E-state index contributed by atoms with van der Waals surface area (Å²) in [6.45, 7) is 2.44. The normalized spacial score (nSPS) is 11.0. The summed E-state index contributed by atoms with van der Waals surface area (Å²) in [4.78, 5) is 0. The molecule has 0 amide bonds. The quantitative estimate of drug-likeness (QED) is 0.465. The number of methoxy groups -OCH3 is 2. The van der Waals surface area contributed by atoms with Crippen LogP contribution < -0.4 is 14.2 Å². The highest BCUT2D eigenvalue weighted by atomic mass is 32.1. The molecule has 0 radical (unpaired) electrons. The monoisotopic (exact) mass is 400 g/mol. The third kappa shape index (κ3) is 3.84. The molecule has 0 bridgehead atoms. The number of phenolic OH excluding ortho intramolecular Hbond substituents is 1. The molecule has 0 aliphatic heterocycles. The molecule has 0 aliphatic carbocycles. The lowest BCUT2D eigenvalue weighted by Crippen LogP contribution is -1.99. The Morgan fingerprint density at radius 3 is 2.50 bits per heavy atom. The molecule has 0 fully saturated rings. The van der Waals surface area contributed by atoms with E-state index >= 15 is 0 Å². The van der Waals surface area contributed by atoms with Crippen molar-refractivity contribution in [1.29, 1.82) is 0 Å². The Balaban J connectivity index is 2.04. The van der Waals surface area contributed by atoms with Crippen LogP contribution in [-0.2, 0) is 0 Å². The van der Waals surface area contributed by atoms with E-state index in [0.29, 0.717) is 28.5 Å². The van der Waals surface area contributed by atoms with Gasteiger partial charge in [0.05, 0.1) is 32.6 Å². The van der Waals surface area contributed by atoms with E-state index in [2.05, 4.69) is 15.3 Å². The smallest absolute Gasteiger partial charge is 0.216 e. The van der Waals surface area contributed by atoms with Gasteiger partial charge in [-0.1, -0.05) is 12.1 Å². The van der Waals surface area contributed by atoms with Crippen LogP contribution >= 0.6 is 12.2 Å². The molecule has 0 saturated carbocycles. The number of aromatic amines is 1. The van der Waals surface area contributed by atoms with Crippen LogP contribution in [0.1, 0.15) is 12.5 Å². The third-order valence-electron chi connectivity index (χ3n) is 3.90. The van der Waals surface area contributed by atoms with E-state index in [1.807, 2.05) is 31.2 Å². The van der Waals surface area contributed by atoms with Crippen LogP contribution in [0, 0.1) is 4.77 Å². The van der Waals surface area contributed by atoms with Gasteiger partial charge in [-0.3, -0.25) is 0 Å². The molecule has 8 nitrogen and oxygen atoms in total. The van der Waals surface area contributed by atoms with Gasteiger partial charge in [0, 0.05) is 5.56 Å². The van der Waals surface area contributed by atoms with Gasteiger partial charge in [0.15, 0.2) is 17.3 Å². The molecule has 0 atom stereocenters. The average Bonchev–Trinajstić information content (AvgIpc) is 3.08. The lowest BCUT2D eigenvalue weighted by atomic mass is 10.2. The van der Waals surface area contributed by atoms with Crippen LogP contribution in [0.2, 0.25) is 0 Å². The molecule has 1 heterocycles. The fourth-order valence-corrected chi connectivity index (χ4v) is 2.80. The molecule has 0 spiro atoms. The zero-order chi connectivity index (χ0) is 20.1. The summed E-state index contributed by atoms with van der Waals surface area (Å²) in [5.74, 6) is 1.68. The van der Waals surface area contributed by atoms with Gasteiger partial charge >= 0.3 is 0 Å². The standard InChI is InChI=1S/C19H20N4O4S/c1-4-27-14-8-6-5-7-13(14)18-21-22-19(28)23(18)20-11-12-9-15(25-2)17(24)16(10-12)26-3/h5-11,24H,4H2,1-3H3,(H,22,28)/b20-11-. The Hall–Kier alpha value is -3.33. The number of rotatable bonds is 7. The molecule has 146 valence electrons. The van der Waals surface area contributed by atoms with Crippen LogP contribution in [0.15, 0.2) is 41.5 Å². The summed E-state index contributed by atoms with van der Waals surface area (Å²) in [5.41, 5.74) is 1.41. The summed E-state index contributed by atoms with van der Waals surface area (Å²) in [6, 6.07) is 10.8.